The molecule has 2 aromatic rings. The van der Waals surface area contributed by atoms with Crippen LogP contribution in [0.25, 0.3) is 10.9 Å². The average Bonchev–Trinajstić information content (AvgIpc) is 2.88. The van der Waals surface area contributed by atoms with Gasteiger partial charge in [0, 0.05) is 30.7 Å². The molecule has 0 amide bonds. The topological polar surface area (TPSA) is 28.2 Å². The normalized spacial score (nSPS) is 19.7. The van der Waals surface area contributed by atoms with Gasteiger partial charge in [-0.3, -0.25) is 4.98 Å². The SMILES string of the molecule is CNC1CCN(c2ccc(Cl)c3cccnc23)C1. The van der Waals surface area contributed by atoms with Crippen LogP contribution in [0.15, 0.2) is 30.5 Å². The molecule has 94 valence electrons. The summed E-state index contributed by atoms with van der Waals surface area (Å²) >= 11 is 6.22. The summed E-state index contributed by atoms with van der Waals surface area (Å²) in [5.41, 5.74) is 2.19. The maximum absolute atomic E-state index is 6.22. The number of nitrogens with zero attached hydrogens (tertiary/aromatic N) is 2. The van der Waals surface area contributed by atoms with Crippen LogP contribution in [-0.2, 0) is 0 Å². The Labute approximate surface area is 112 Å². The van der Waals surface area contributed by atoms with Crippen LogP contribution in [0.1, 0.15) is 6.42 Å². The summed E-state index contributed by atoms with van der Waals surface area (Å²) in [4.78, 5) is 6.87. The number of pyridine rings is 1. The fraction of sp³-hybridized carbons (Fsp3) is 0.357. The zero-order chi connectivity index (χ0) is 12.5. The number of anilines is 1. The van der Waals surface area contributed by atoms with E-state index in [0.717, 1.165) is 29.0 Å². The van der Waals surface area contributed by atoms with Gasteiger partial charge in [-0.15, -0.1) is 0 Å². The van der Waals surface area contributed by atoms with Gasteiger partial charge in [0.05, 0.1) is 16.2 Å². The number of rotatable bonds is 2. The first kappa shape index (κ1) is 11.8. The van der Waals surface area contributed by atoms with E-state index in [-0.39, 0.29) is 0 Å². The van der Waals surface area contributed by atoms with Crippen molar-refractivity contribution in [1.82, 2.24) is 10.3 Å². The second-order valence-electron chi connectivity index (χ2n) is 4.69. The summed E-state index contributed by atoms with van der Waals surface area (Å²) in [7, 11) is 2.02. The average molecular weight is 262 g/mol. The van der Waals surface area contributed by atoms with Crippen molar-refractivity contribution < 1.29 is 0 Å². The van der Waals surface area contributed by atoms with E-state index in [2.05, 4.69) is 21.3 Å². The summed E-state index contributed by atoms with van der Waals surface area (Å²) in [6.45, 7) is 2.10. The third kappa shape index (κ3) is 1.93. The van der Waals surface area contributed by atoms with Crippen molar-refractivity contribution in [1.29, 1.82) is 0 Å². The van der Waals surface area contributed by atoms with Crippen molar-refractivity contribution >= 4 is 28.2 Å². The number of hydrogen-bond acceptors (Lipinski definition) is 3. The molecule has 1 N–H and O–H groups in total. The largest absolute Gasteiger partial charge is 0.368 e. The Hall–Kier alpha value is -1.32. The highest BCUT2D eigenvalue weighted by Gasteiger charge is 2.23. The van der Waals surface area contributed by atoms with E-state index in [0.29, 0.717) is 6.04 Å². The molecular formula is C14H16ClN3. The van der Waals surface area contributed by atoms with Gasteiger partial charge in [-0.05, 0) is 37.7 Å². The zero-order valence-electron chi connectivity index (χ0n) is 10.4. The first-order chi connectivity index (χ1) is 8.79. The number of benzene rings is 1. The minimum atomic E-state index is 0.569. The minimum Gasteiger partial charge on any atom is -0.368 e. The molecule has 0 saturated carbocycles. The highest BCUT2D eigenvalue weighted by molar-refractivity contribution is 6.35. The standard InChI is InChI=1S/C14H16ClN3/c1-16-10-6-8-18(9-10)13-5-4-12(15)11-3-2-7-17-14(11)13/h2-5,7,10,16H,6,8-9H2,1H3. The Morgan fingerprint density at radius 3 is 3.06 bits per heavy atom. The van der Waals surface area contributed by atoms with Crippen LogP contribution in [0.5, 0.6) is 0 Å². The first-order valence-corrected chi connectivity index (χ1v) is 6.63. The second-order valence-corrected chi connectivity index (χ2v) is 5.09. The number of likely N-dealkylation sites (N-methyl/N-ethyl adjacent to an activating group) is 1. The molecule has 0 radical (unpaired) electrons. The number of aromatic nitrogens is 1. The molecule has 1 aromatic carbocycles. The number of halogens is 1. The van der Waals surface area contributed by atoms with Crippen LogP contribution < -0.4 is 10.2 Å². The van der Waals surface area contributed by atoms with E-state index >= 15 is 0 Å². The Bertz CT molecular complexity index is 570. The van der Waals surface area contributed by atoms with Crippen molar-refractivity contribution in [2.75, 3.05) is 25.0 Å². The number of hydrogen-bond donors (Lipinski definition) is 1. The molecule has 3 rings (SSSR count). The Kier molecular flexibility index (Phi) is 3.10. The third-order valence-corrected chi connectivity index (χ3v) is 3.96. The van der Waals surface area contributed by atoms with Gasteiger partial charge in [-0.2, -0.15) is 0 Å². The van der Waals surface area contributed by atoms with E-state index in [4.69, 9.17) is 11.6 Å². The molecule has 18 heavy (non-hydrogen) atoms. The molecule has 1 saturated heterocycles. The monoisotopic (exact) mass is 261 g/mol. The lowest BCUT2D eigenvalue weighted by Gasteiger charge is -2.20. The molecule has 4 heteroatoms. The Balaban J connectivity index is 2.05. The molecule has 0 bridgehead atoms. The molecule has 1 aliphatic rings. The van der Waals surface area contributed by atoms with E-state index < -0.39 is 0 Å². The van der Waals surface area contributed by atoms with Gasteiger partial charge in [0.15, 0.2) is 0 Å². The van der Waals surface area contributed by atoms with Crippen molar-refractivity contribution in [3.63, 3.8) is 0 Å². The first-order valence-electron chi connectivity index (χ1n) is 6.25. The Morgan fingerprint density at radius 2 is 2.28 bits per heavy atom. The van der Waals surface area contributed by atoms with Crippen LogP contribution in [0.4, 0.5) is 5.69 Å². The lowest BCUT2D eigenvalue weighted by Crippen LogP contribution is -2.29. The number of nitrogens with one attached hydrogen (secondary N) is 1. The summed E-state index contributed by atoms with van der Waals surface area (Å²) in [6.07, 6.45) is 3.00. The van der Waals surface area contributed by atoms with Crippen molar-refractivity contribution in [2.45, 2.75) is 12.5 Å². The lowest BCUT2D eigenvalue weighted by molar-refractivity contribution is 0.617. The zero-order valence-corrected chi connectivity index (χ0v) is 11.1. The van der Waals surface area contributed by atoms with E-state index in [9.17, 15) is 0 Å². The molecule has 1 aliphatic heterocycles. The molecule has 0 spiro atoms. The fourth-order valence-corrected chi connectivity index (χ4v) is 2.81. The molecular weight excluding hydrogens is 246 g/mol. The predicted octanol–water partition coefficient (Wildman–Crippen LogP) is 2.69. The lowest BCUT2D eigenvalue weighted by atomic mass is 10.2. The van der Waals surface area contributed by atoms with E-state index in [1.165, 1.54) is 12.1 Å². The molecule has 1 aromatic heterocycles. The highest BCUT2D eigenvalue weighted by atomic mass is 35.5. The van der Waals surface area contributed by atoms with Crippen LogP contribution in [0.2, 0.25) is 5.02 Å². The Morgan fingerprint density at radius 1 is 1.39 bits per heavy atom. The smallest absolute Gasteiger partial charge is 0.0950 e. The molecule has 3 nitrogen and oxygen atoms in total. The van der Waals surface area contributed by atoms with Gasteiger partial charge in [0.25, 0.3) is 0 Å². The fourth-order valence-electron chi connectivity index (χ4n) is 2.59. The van der Waals surface area contributed by atoms with Crippen LogP contribution in [0, 0.1) is 0 Å². The van der Waals surface area contributed by atoms with Crippen molar-refractivity contribution in [2.24, 2.45) is 0 Å². The summed E-state index contributed by atoms with van der Waals surface area (Å²) in [5.74, 6) is 0. The minimum absolute atomic E-state index is 0.569. The molecule has 2 heterocycles. The summed E-state index contributed by atoms with van der Waals surface area (Å²) in [5, 5.41) is 5.14. The quantitative estimate of drug-likeness (QED) is 0.901. The van der Waals surface area contributed by atoms with Gasteiger partial charge in [0.2, 0.25) is 0 Å². The van der Waals surface area contributed by atoms with Crippen LogP contribution in [0.3, 0.4) is 0 Å². The van der Waals surface area contributed by atoms with E-state index in [1.807, 2.05) is 31.4 Å². The summed E-state index contributed by atoms with van der Waals surface area (Å²) in [6, 6.07) is 8.57. The van der Waals surface area contributed by atoms with Gasteiger partial charge in [-0.25, -0.2) is 0 Å². The number of fused-ring (bicyclic) bond motifs is 1. The third-order valence-electron chi connectivity index (χ3n) is 3.63. The second kappa shape index (κ2) is 4.75. The van der Waals surface area contributed by atoms with Gasteiger partial charge in [-0.1, -0.05) is 11.6 Å². The molecule has 0 aliphatic carbocycles. The van der Waals surface area contributed by atoms with Crippen molar-refractivity contribution in [3.05, 3.63) is 35.5 Å². The van der Waals surface area contributed by atoms with E-state index in [1.54, 1.807) is 0 Å². The summed E-state index contributed by atoms with van der Waals surface area (Å²) < 4.78 is 0. The molecule has 1 fully saturated rings. The molecule has 1 unspecified atom stereocenters. The van der Waals surface area contributed by atoms with Gasteiger partial charge >= 0.3 is 0 Å². The van der Waals surface area contributed by atoms with Crippen molar-refractivity contribution in [3.8, 4) is 0 Å². The van der Waals surface area contributed by atoms with Gasteiger partial charge in [0.1, 0.15) is 0 Å². The molecule has 1 atom stereocenters. The highest BCUT2D eigenvalue weighted by Crippen LogP contribution is 2.32. The van der Waals surface area contributed by atoms with Crippen LogP contribution >= 0.6 is 11.6 Å². The van der Waals surface area contributed by atoms with Crippen LogP contribution in [-0.4, -0.2) is 31.2 Å². The maximum Gasteiger partial charge on any atom is 0.0950 e. The predicted molar refractivity (Wildman–Crippen MR) is 76.4 cm³/mol. The van der Waals surface area contributed by atoms with Gasteiger partial charge < -0.3 is 10.2 Å². The maximum atomic E-state index is 6.22.